The highest BCUT2D eigenvalue weighted by Crippen LogP contribution is 1.99. The third kappa shape index (κ3) is 2.36. The fraction of sp³-hybridized carbons (Fsp3) is 0.222. The zero-order chi connectivity index (χ0) is 9.84. The standard InChI is InChI=1S/C9H11ClN2O/c1-7(5-10)6-12-4-2-3-8(11)9(12)13/h2-5H,6,11H2,1H3/b7-5-. The molecule has 0 saturated carbocycles. The van der Waals surface area contributed by atoms with Crippen molar-refractivity contribution in [2.75, 3.05) is 5.73 Å². The SMILES string of the molecule is C/C(=C/Cl)Cn1cccc(N)c1=O. The van der Waals surface area contributed by atoms with Crippen LogP contribution in [0.25, 0.3) is 0 Å². The van der Waals surface area contributed by atoms with Gasteiger partial charge in [0.05, 0.1) is 5.69 Å². The van der Waals surface area contributed by atoms with Crippen LogP contribution in [-0.4, -0.2) is 4.57 Å². The maximum Gasteiger partial charge on any atom is 0.273 e. The van der Waals surface area contributed by atoms with Gasteiger partial charge in [0, 0.05) is 18.3 Å². The molecular formula is C9H11ClN2O. The average molecular weight is 199 g/mol. The largest absolute Gasteiger partial charge is 0.394 e. The van der Waals surface area contributed by atoms with Crippen LogP contribution >= 0.6 is 11.6 Å². The fourth-order valence-corrected chi connectivity index (χ4v) is 1.05. The number of halogens is 1. The van der Waals surface area contributed by atoms with Gasteiger partial charge in [-0.15, -0.1) is 0 Å². The van der Waals surface area contributed by atoms with E-state index in [1.807, 2.05) is 6.92 Å². The van der Waals surface area contributed by atoms with Gasteiger partial charge in [-0.3, -0.25) is 4.79 Å². The molecule has 3 nitrogen and oxygen atoms in total. The lowest BCUT2D eigenvalue weighted by Gasteiger charge is -2.05. The predicted octanol–water partition coefficient (Wildman–Crippen LogP) is 1.57. The number of hydrogen-bond donors (Lipinski definition) is 1. The molecule has 1 aromatic heterocycles. The summed E-state index contributed by atoms with van der Waals surface area (Å²) in [6, 6.07) is 3.32. The maximum absolute atomic E-state index is 11.4. The quantitative estimate of drug-likeness (QED) is 0.784. The molecule has 70 valence electrons. The summed E-state index contributed by atoms with van der Waals surface area (Å²) in [6.07, 6.45) is 1.68. The summed E-state index contributed by atoms with van der Waals surface area (Å²) < 4.78 is 1.52. The molecular weight excluding hydrogens is 188 g/mol. The van der Waals surface area contributed by atoms with Crippen molar-refractivity contribution < 1.29 is 0 Å². The van der Waals surface area contributed by atoms with Crippen molar-refractivity contribution in [3.8, 4) is 0 Å². The number of hydrogen-bond acceptors (Lipinski definition) is 2. The van der Waals surface area contributed by atoms with E-state index in [2.05, 4.69) is 0 Å². The number of anilines is 1. The molecule has 13 heavy (non-hydrogen) atoms. The van der Waals surface area contributed by atoms with E-state index in [1.54, 1.807) is 18.3 Å². The second-order valence-electron chi connectivity index (χ2n) is 2.85. The number of nitrogens with zero attached hydrogens (tertiary/aromatic N) is 1. The number of nitrogen functional groups attached to an aromatic ring is 1. The number of aromatic nitrogens is 1. The lowest BCUT2D eigenvalue weighted by molar-refractivity contribution is 0.750. The molecule has 0 saturated heterocycles. The van der Waals surface area contributed by atoms with Gasteiger partial charge >= 0.3 is 0 Å². The zero-order valence-electron chi connectivity index (χ0n) is 7.33. The molecule has 0 atom stereocenters. The summed E-state index contributed by atoms with van der Waals surface area (Å²) in [5.74, 6) is 0. The summed E-state index contributed by atoms with van der Waals surface area (Å²) in [5.41, 5.74) is 7.89. The minimum Gasteiger partial charge on any atom is -0.394 e. The topological polar surface area (TPSA) is 48.0 Å². The van der Waals surface area contributed by atoms with Crippen LogP contribution < -0.4 is 11.3 Å². The number of rotatable bonds is 2. The van der Waals surface area contributed by atoms with Crippen LogP contribution in [0, 0.1) is 0 Å². The van der Waals surface area contributed by atoms with E-state index in [4.69, 9.17) is 17.3 Å². The van der Waals surface area contributed by atoms with Crippen LogP contribution in [0.15, 0.2) is 34.2 Å². The van der Waals surface area contributed by atoms with Crippen LogP contribution in [0.1, 0.15) is 6.92 Å². The van der Waals surface area contributed by atoms with Crippen molar-refractivity contribution in [2.24, 2.45) is 0 Å². The van der Waals surface area contributed by atoms with Gasteiger partial charge in [0.15, 0.2) is 0 Å². The van der Waals surface area contributed by atoms with Crippen LogP contribution in [0.5, 0.6) is 0 Å². The van der Waals surface area contributed by atoms with Crippen molar-refractivity contribution in [3.05, 3.63) is 39.8 Å². The first kappa shape index (κ1) is 9.86. The van der Waals surface area contributed by atoms with Gasteiger partial charge in [-0.2, -0.15) is 0 Å². The predicted molar refractivity (Wildman–Crippen MR) is 54.7 cm³/mol. The van der Waals surface area contributed by atoms with E-state index < -0.39 is 0 Å². The Labute approximate surface area is 81.4 Å². The van der Waals surface area contributed by atoms with E-state index in [-0.39, 0.29) is 11.2 Å². The fourth-order valence-electron chi connectivity index (χ4n) is 0.983. The molecule has 1 aromatic rings. The molecule has 0 fully saturated rings. The number of nitrogens with two attached hydrogens (primary N) is 1. The molecule has 2 N–H and O–H groups in total. The Bertz CT molecular complexity index is 381. The molecule has 1 heterocycles. The number of pyridine rings is 1. The summed E-state index contributed by atoms with van der Waals surface area (Å²) in [6.45, 7) is 2.33. The lowest BCUT2D eigenvalue weighted by atomic mass is 10.3. The minimum absolute atomic E-state index is 0.180. The van der Waals surface area contributed by atoms with E-state index in [0.29, 0.717) is 6.54 Å². The zero-order valence-corrected chi connectivity index (χ0v) is 8.08. The Kier molecular flexibility index (Phi) is 3.14. The molecule has 0 spiro atoms. The van der Waals surface area contributed by atoms with Crippen molar-refractivity contribution in [1.29, 1.82) is 0 Å². The Balaban J connectivity index is 3.03. The van der Waals surface area contributed by atoms with Crippen molar-refractivity contribution in [2.45, 2.75) is 13.5 Å². The summed E-state index contributed by atoms with van der Waals surface area (Å²) in [5, 5.41) is 0. The molecule has 0 aliphatic rings. The summed E-state index contributed by atoms with van der Waals surface area (Å²) >= 11 is 5.49. The van der Waals surface area contributed by atoms with Crippen LogP contribution in [0.2, 0.25) is 0 Å². The summed E-state index contributed by atoms with van der Waals surface area (Å²) in [4.78, 5) is 11.4. The van der Waals surface area contributed by atoms with Gasteiger partial charge in [0.1, 0.15) is 0 Å². The Morgan fingerprint density at radius 1 is 1.77 bits per heavy atom. The molecule has 4 heteroatoms. The molecule has 0 unspecified atom stereocenters. The first-order valence-corrected chi connectivity index (χ1v) is 4.29. The number of allylic oxidation sites excluding steroid dienone is 1. The van der Waals surface area contributed by atoms with Gasteiger partial charge in [0.2, 0.25) is 0 Å². The Morgan fingerprint density at radius 2 is 2.46 bits per heavy atom. The maximum atomic E-state index is 11.4. The third-order valence-corrected chi connectivity index (χ3v) is 2.03. The molecule has 0 amide bonds. The molecule has 1 rings (SSSR count). The molecule has 0 aliphatic heterocycles. The highest BCUT2D eigenvalue weighted by Gasteiger charge is 1.98. The van der Waals surface area contributed by atoms with Crippen LogP contribution in [-0.2, 0) is 6.54 Å². The highest BCUT2D eigenvalue weighted by atomic mass is 35.5. The second kappa shape index (κ2) is 4.14. The van der Waals surface area contributed by atoms with Crippen molar-refractivity contribution in [3.63, 3.8) is 0 Å². The third-order valence-electron chi connectivity index (χ3n) is 1.66. The van der Waals surface area contributed by atoms with Crippen LogP contribution in [0.3, 0.4) is 0 Å². The normalized spacial score (nSPS) is 11.7. The van der Waals surface area contributed by atoms with E-state index in [9.17, 15) is 4.79 Å². The molecule has 0 bridgehead atoms. The van der Waals surface area contributed by atoms with Crippen molar-refractivity contribution in [1.82, 2.24) is 4.57 Å². The smallest absolute Gasteiger partial charge is 0.273 e. The Hall–Kier alpha value is -1.22. The van der Waals surface area contributed by atoms with Gasteiger partial charge in [-0.1, -0.05) is 11.6 Å². The van der Waals surface area contributed by atoms with Gasteiger partial charge in [0.25, 0.3) is 5.56 Å². The van der Waals surface area contributed by atoms with E-state index in [0.717, 1.165) is 5.57 Å². The molecule has 0 aliphatic carbocycles. The van der Waals surface area contributed by atoms with E-state index in [1.165, 1.54) is 10.1 Å². The average Bonchev–Trinajstić information content (AvgIpc) is 2.13. The first-order chi connectivity index (χ1) is 6.15. The second-order valence-corrected chi connectivity index (χ2v) is 3.07. The highest BCUT2D eigenvalue weighted by molar-refractivity contribution is 6.25. The molecule has 0 radical (unpaired) electrons. The first-order valence-electron chi connectivity index (χ1n) is 3.86. The summed E-state index contributed by atoms with van der Waals surface area (Å²) in [7, 11) is 0. The lowest BCUT2D eigenvalue weighted by Crippen LogP contribution is -2.22. The van der Waals surface area contributed by atoms with Gasteiger partial charge in [-0.25, -0.2) is 0 Å². The Morgan fingerprint density at radius 3 is 3.08 bits per heavy atom. The van der Waals surface area contributed by atoms with Crippen molar-refractivity contribution >= 4 is 17.3 Å². The van der Waals surface area contributed by atoms with Crippen LogP contribution in [0.4, 0.5) is 5.69 Å². The monoisotopic (exact) mass is 198 g/mol. The van der Waals surface area contributed by atoms with E-state index >= 15 is 0 Å². The van der Waals surface area contributed by atoms with Gasteiger partial charge < -0.3 is 10.3 Å². The molecule has 0 aromatic carbocycles. The minimum atomic E-state index is -0.180. The van der Waals surface area contributed by atoms with Gasteiger partial charge in [-0.05, 0) is 24.6 Å².